The number of nitrogens with two attached hydrogens (primary N) is 1. The summed E-state index contributed by atoms with van der Waals surface area (Å²) in [5.41, 5.74) is 4.93. The fourth-order valence-electron chi connectivity index (χ4n) is 4.15. The van der Waals surface area contributed by atoms with Gasteiger partial charge in [0.25, 0.3) is 0 Å². The van der Waals surface area contributed by atoms with Gasteiger partial charge in [-0.1, -0.05) is 0 Å². The van der Waals surface area contributed by atoms with Crippen molar-refractivity contribution in [2.45, 2.75) is 18.6 Å². The Kier molecular flexibility index (Phi) is 4.62. The first kappa shape index (κ1) is 19.2. The predicted molar refractivity (Wildman–Crippen MR) is 101 cm³/mol. The molecule has 5 rings (SSSR count). The van der Waals surface area contributed by atoms with Crippen LogP contribution in [0.4, 0.5) is 30.8 Å². The summed E-state index contributed by atoms with van der Waals surface area (Å²) in [6.07, 6.45) is -2.98. The zero-order chi connectivity index (χ0) is 20.9. The van der Waals surface area contributed by atoms with E-state index in [2.05, 4.69) is 24.8 Å². The minimum atomic E-state index is -4.71. The second-order valence-electron chi connectivity index (χ2n) is 7.39. The molecule has 2 fully saturated rings. The van der Waals surface area contributed by atoms with E-state index in [1.165, 1.54) is 0 Å². The first-order valence-corrected chi connectivity index (χ1v) is 9.70. The van der Waals surface area contributed by atoms with Gasteiger partial charge in [0.2, 0.25) is 5.95 Å². The molecule has 0 amide bonds. The summed E-state index contributed by atoms with van der Waals surface area (Å²) in [5.74, 6) is 0.779. The van der Waals surface area contributed by atoms with Crippen molar-refractivity contribution in [2.75, 3.05) is 61.6 Å². The first-order valence-electron chi connectivity index (χ1n) is 9.70. The Labute approximate surface area is 170 Å². The highest BCUT2D eigenvalue weighted by molar-refractivity contribution is 5.71. The van der Waals surface area contributed by atoms with E-state index < -0.39 is 17.8 Å². The monoisotopic (exact) mass is 423 g/mol. The lowest BCUT2D eigenvalue weighted by molar-refractivity contribution is -0.140. The Bertz CT molecular complexity index is 966. The molecule has 2 saturated heterocycles. The Balaban J connectivity index is 1.68. The van der Waals surface area contributed by atoms with Gasteiger partial charge in [0.05, 0.1) is 38.0 Å². The molecule has 3 aliphatic heterocycles. The lowest BCUT2D eigenvalue weighted by Crippen LogP contribution is -2.43. The SMILES string of the molecule is Nc1ncc(-c2nc(N3CCOCC3)c3c(n2)N2CCOCC2C3)c(C(F)(F)F)n1. The number of anilines is 3. The number of nitrogens with zero attached hydrogens (tertiary/aromatic N) is 6. The maximum absolute atomic E-state index is 13.7. The molecule has 0 radical (unpaired) electrons. The van der Waals surface area contributed by atoms with Crippen molar-refractivity contribution in [3.8, 4) is 11.4 Å². The van der Waals surface area contributed by atoms with Crippen LogP contribution in [0.25, 0.3) is 11.4 Å². The molecule has 9 nitrogen and oxygen atoms in total. The highest BCUT2D eigenvalue weighted by Gasteiger charge is 2.40. The number of nitrogen functional groups attached to an aromatic ring is 1. The van der Waals surface area contributed by atoms with Crippen LogP contribution < -0.4 is 15.5 Å². The summed E-state index contributed by atoms with van der Waals surface area (Å²) in [5, 5.41) is 0. The highest BCUT2D eigenvalue weighted by atomic mass is 19.4. The van der Waals surface area contributed by atoms with Gasteiger partial charge in [0.1, 0.15) is 11.6 Å². The maximum atomic E-state index is 13.7. The van der Waals surface area contributed by atoms with Crippen LogP contribution in [-0.2, 0) is 22.1 Å². The molecule has 2 N–H and O–H groups in total. The average Bonchev–Trinajstić information content (AvgIpc) is 3.12. The molecular weight excluding hydrogens is 403 g/mol. The largest absolute Gasteiger partial charge is 0.434 e. The van der Waals surface area contributed by atoms with Gasteiger partial charge in [0, 0.05) is 37.8 Å². The third-order valence-corrected chi connectivity index (χ3v) is 5.53. The van der Waals surface area contributed by atoms with Crippen LogP contribution in [-0.4, -0.2) is 72.0 Å². The Morgan fingerprint density at radius 3 is 2.50 bits per heavy atom. The highest BCUT2D eigenvalue weighted by Crippen LogP contribution is 2.41. The number of aromatic nitrogens is 4. The summed E-state index contributed by atoms with van der Waals surface area (Å²) in [6.45, 7) is 3.99. The average molecular weight is 423 g/mol. The molecule has 2 aromatic heterocycles. The van der Waals surface area contributed by atoms with Gasteiger partial charge in [-0.2, -0.15) is 13.2 Å². The number of morpholine rings is 2. The van der Waals surface area contributed by atoms with Crippen LogP contribution in [0.3, 0.4) is 0 Å². The summed E-state index contributed by atoms with van der Waals surface area (Å²) < 4.78 is 52.0. The number of halogens is 3. The van der Waals surface area contributed by atoms with Gasteiger partial charge < -0.3 is 25.0 Å². The van der Waals surface area contributed by atoms with E-state index in [0.29, 0.717) is 64.1 Å². The van der Waals surface area contributed by atoms with E-state index in [1.54, 1.807) is 0 Å². The number of fused-ring (bicyclic) bond motifs is 3. The molecule has 160 valence electrons. The molecule has 30 heavy (non-hydrogen) atoms. The molecule has 3 aliphatic rings. The third kappa shape index (κ3) is 3.29. The second kappa shape index (κ2) is 7.20. The normalized spacial score (nSPS) is 21.5. The van der Waals surface area contributed by atoms with Crippen LogP contribution >= 0.6 is 0 Å². The minimum Gasteiger partial charge on any atom is -0.378 e. The van der Waals surface area contributed by atoms with Crippen molar-refractivity contribution >= 4 is 17.6 Å². The third-order valence-electron chi connectivity index (χ3n) is 5.53. The van der Waals surface area contributed by atoms with Gasteiger partial charge in [-0.15, -0.1) is 0 Å². The fraction of sp³-hybridized carbons (Fsp3) is 0.556. The number of alkyl halides is 3. The van der Waals surface area contributed by atoms with Crippen molar-refractivity contribution in [3.63, 3.8) is 0 Å². The lowest BCUT2D eigenvalue weighted by Gasteiger charge is -2.31. The van der Waals surface area contributed by atoms with Crippen LogP contribution in [0.5, 0.6) is 0 Å². The molecule has 0 aliphatic carbocycles. The Morgan fingerprint density at radius 2 is 1.73 bits per heavy atom. The van der Waals surface area contributed by atoms with Crippen LogP contribution in [0.1, 0.15) is 11.3 Å². The van der Waals surface area contributed by atoms with Crippen molar-refractivity contribution in [2.24, 2.45) is 0 Å². The number of rotatable bonds is 2. The van der Waals surface area contributed by atoms with E-state index >= 15 is 0 Å². The molecule has 2 aromatic rings. The van der Waals surface area contributed by atoms with Gasteiger partial charge in [-0.25, -0.2) is 19.9 Å². The standard InChI is InChI=1S/C18H20F3N7O2/c19-18(20,21)13-12(8-23-17(22)24-13)14-25-15(27-1-4-29-5-2-27)11-7-10-9-30-6-3-28(10)16(11)26-14/h8,10H,1-7,9H2,(H2,22,23,24). The number of hydrogen-bond acceptors (Lipinski definition) is 9. The van der Waals surface area contributed by atoms with Crippen molar-refractivity contribution < 1.29 is 22.6 Å². The van der Waals surface area contributed by atoms with Crippen molar-refractivity contribution in [1.82, 2.24) is 19.9 Å². The van der Waals surface area contributed by atoms with E-state index in [9.17, 15) is 13.2 Å². The zero-order valence-corrected chi connectivity index (χ0v) is 16.0. The lowest BCUT2D eigenvalue weighted by atomic mass is 10.1. The smallest absolute Gasteiger partial charge is 0.378 e. The Hall–Kier alpha value is -2.73. The fourth-order valence-corrected chi connectivity index (χ4v) is 4.15. The summed E-state index contributed by atoms with van der Waals surface area (Å²) in [4.78, 5) is 20.5. The van der Waals surface area contributed by atoms with Crippen LogP contribution in [0.2, 0.25) is 0 Å². The van der Waals surface area contributed by atoms with Gasteiger partial charge in [0.15, 0.2) is 11.5 Å². The summed E-state index contributed by atoms with van der Waals surface area (Å²) in [6, 6.07) is 0.0999. The molecule has 1 atom stereocenters. The van der Waals surface area contributed by atoms with E-state index in [-0.39, 0.29) is 17.4 Å². The van der Waals surface area contributed by atoms with Gasteiger partial charge >= 0.3 is 6.18 Å². The van der Waals surface area contributed by atoms with Gasteiger partial charge in [-0.3, -0.25) is 0 Å². The molecule has 0 spiro atoms. The molecule has 5 heterocycles. The van der Waals surface area contributed by atoms with Gasteiger partial charge in [-0.05, 0) is 0 Å². The first-order chi connectivity index (χ1) is 14.4. The molecule has 12 heteroatoms. The topological polar surface area (TPSA) is 103 Å². The molecule has 0 saturated carbocycles. The van der Waals surface area contributed by atoms with Crippen LogP contribution in [0, 0.1) is 0 Å². The quantitative estimate of drug-likeness (QED) is 0.762. The minimum absolute atomic E-state index is 0.0605. The zero-order valence-electron chi connectivity index (χ0n) is 16.0. The summed E-state index contributed by atoms with van der Waals surface area (Å²) >= 11 is 0. The molecule has 0 bridgehead atoms. The predicted octanol–water partition coefficient (Wildman–Crippen LogP) is 1.13. The number of hydrogen-bond donors (Lipinski definition) is 1. The molecular formula is C18H20F3N7O2. The van der Waals surface area contributed by atoms with E-state index in [1.807, 2.05) is 4.90 Å². The van der Waals surface area contributed by atoms with Crippen LogP contribution in [0.15, 0.2) is 6.20 Å². The second-order valence-corrected chi connectivity index (χ2v) is 7.39. The van der Waals surface area contributed by atoms with E-state index in [0.717, 1.165) is 11.8 Å². The molecule has 0 aromatic carbocycles. The van der Waals surface area contributed by atoms with Crippen molar-refractivity contribution in [3.05, 3.63) is 17.5 Å². The summed E-state index contributed by atoms with van der Waals surface area (Å²) in [7, 11) is 0. The maximum Gasteiger partial charge on any atom is 0.434 e. The Morgan fingerprint density at radius 1 is 1.00 bits per heavy atom. The number of ether oxygens (including phenoxy) is 2. The van der Waals surface area contributed by atoms with E-state index in [4.69, 9.17) is 15.2 Å². The van der Waals surface area contributed by atoms with Crippen molar-refractivity contribution in [1.29, 1.82) is 0 Å². The molecule has 1 unspecified atom stereocenters.